The third kappa shape index (κ3) is 1.88. The lowest BCUT2D eigenvalue weighted by Gasteiger charge is -2.03. The number of hydrogen-bond acceptors (Lipinski definition) is 3. The summed E-state index contributed by atoms with van der Waals surface area (Å²) in [5, 5.41) is 3.23. The zero-order valence-corrected chi connectivity index (χ0v) is 7.95. The molecule has 0 spiro atoms. The van der Waals surface area contributed by atoms with E-state index >= 15 is 0 Å². The van der Waals surface area contributed by atoms with Gasteiger partial charge in [-0.2, -0.15) is 0 Å². The summed E-state index contributed by atoms with van der Waals surface area (Å²) < 4.78 is 10.5. The summed E-state index contributed by atoms with van der Waals surface area (Å²) >= 11 is 0. The first-order valence-corrected chi connectivity index (χ1v) is 4.60. The molecule has 0 radical (unpaired) electrons. The number of rotatable bonds is 4. The maximum atomic E-state index is 5.28. The van der Waals surface area contributed by atoms with E-state index < -0.39 is 0 Å². The van der Waals surface area contributed by atoms with Crippen molar-refractivity contribution >= 4 is 0 Å². The Balaban J connectivity index is 2.01. The van der Waals surface area contributed by atoms with Gasteiger partial charge < -0.3 is 14.8 Å². The zero-order chi connectivity index (χ0) is 9.80. The van der Waals surface area contributed by atoms with Gasteiger partial charge in [-0.15, -0.1) is 6.58 Å². The topological polar surface area (TPSA) is 30.5 Å². The van der Waals surface area contributed by atoms with Gasteiger partial charge in [-0.05, 0) is 17.7 Å². The lowest BCUT2D eigenvalue weighted by atomic mass is 10.2. The van der Waals surface area contributed by atoms with Crippen molar-refractivity contribution in [3.05, 3.63) is 36.4 Å². The van der Waals surface area contributed by atoms with E-state index in [-0.39, 0.29) is 0 Å². The monoisotopic (exact) mass is 191 g/mol. The van der Waals surface area contributed by atoms with Crippen molar-refractivity contribution in [2.45, 2.75) is 6.54 Å². The standard InChI is InChI=1S/C11H13NO2/c1-2-5-12-7-9-3-4-10-11(6-9)14-8-13-10/h2-4,6,12H,1,5,7-8H2. The summed E-state index contributed by atoms with van der Waals surface area (Å²) in [4.78, 5) is 0. The average Bonchev–Trinajstić information content (AvgIpc) is 2.65. The van der Waals surface area contributed by atoms with Gasteiger partial charge in [0.05, 0.1) is 0 Å². The van der Waals surface area contributed by atoms with E-state index in [1.807, 2.05) is 24.3 Å². The second kappa shape index (κ2) is 4.15. The van der Waals surface area contributed by atoms with Gasteiger partial charge in [0.1, 0.15) is 0 Å². The van der Waals surface area contributed by atoms with E-state index in [2.05, 4.69) is 11.9 Å². The Morgan fingerprint density at radius 2 is 2.21 bits per heavy atom. The van der Waals surface area contributed by atoms with Crippen molar-refractivity contribution in [3.63, 3.8) is 0 Å². The molecule has 3 heteroatoms. The van der Waals surface area contributed by atoms with Gasteiger partial charge in [-0.25, -0.2) is 0 Å². The molecule has 1 heterocycles. The van der Waals surface area contributed by atoms with Crippen molar-refractivity contribution in [1.29, 1.82) is 0 Å². The summed E-state index contributed by atoms with van der Waals surface area (Å²) in [6, 6.07) is 5.97. The Hall–Kier alpha value is -1.48. The molecule has 74 valence electrons. The maximum Gasteiger partial charge on any atom is 0.231 e. The second-order valence-electron chi connectivity index (χ2n) is 3.11. The molecule has 1 aliphatic rings. The molecule has 1 N–H and O–H groups in total. The molecule has 1 aromatic carbocycles. The highest BCUT2D eigenvalue weighted by Gasteiger charge is 2.12. The number of hydrogen-bond donors (Lipinski definition) is 1. The van der Waals surface area contributed by atoms with Crippen LogP contribution in [0.5, 0.6) is 11.5 Å². The van der Waals surface area contributed by atoms with Crippen LogP contribution in [-0.2, 0) is 6.54 Å². The second-order valence-corrected chi connectivity index (χ2v) is 3.11. The molecule has 0 fully saturated rings. The minimum absolute atomic E-state index is 0.332. The van der Waals surface area contributed by atoms with Crippen molar-refractivity contribution in [3.8, 4) is 11.5 Å². The van der Waals surface area contributed by atoms with Gasteiger partial charge in [0.15, 0.2) is 11.5 Å². The fourth-order valence-corrected chi connectivity index (χ4v) is 1.37. The number of ether oxygens (including phenoxy) is 2. The SMILES string of the molecule is C=CCNCc1ccc2c(c1)OCO2. The van der Waals surface area contributed by atoms with E-state index in [0.29, 0.717) is 6.79 Å². The Bertz CT molecular complexity index is 336. The molecular weight excluding hydrogens is 178 g/mol. The summed E-state index contributed by atoms with van der Waals surface area (Å²) in [7, 11) is 0. The molecule has 0 unspecified atom stereocenters. The highest BCUT2D eigenvalue weighted by Crippen LogP contribution is 2.32. The summed E-state index contributed by atoms with van der Waals surface area (Å²) in [5.74, 6) is 1.67. The van der Waals surface area contributed by atoms with Gasteiger partial charge in [-0.3, -0.25) is 0 Å². The maximum absolute atomic E-state index is 5.28. The summed E-state index contributed by atoms with van der Waals surface area (Å²) in [5.41, 5.74) is 1.19. The van der Waals surface area contributed by atoms with Crippen LogP contribution in [0.3, 0.4) is 0 Å². The lowest BCUT2D eigenvalue weighted by Crippen LogP contribution is -2.12. The fraction of sp³-hybridized carbons (Fsp3) is 0.273. The minimum Gasteiger partial charge on any atom is -0.454 e. The molecule has 0 amide bonds. The zero-order valence-electron chi connectivity index (χ0n) is 7.95. The molecule has 0 atom stereocenters. The molecule has 3 nitrogen and oxygen atoms in total. The summed E-state index contributed by atoms with van der Waals surface area (Å²) in [6.45, 7) is 5.61. The van der Waals surface area contributed by atoms with Gasteiger partial charge in [0, 0.05) is 13.1 Å². The van der Waals surface area contributed by atoms with Crippen LogP contribution in [0.1, 0.15) is 5.56 Å². The van der Waals surface area contributed by atoms with Crippen molar-refractivity contribution in [2.24, 2.45) is 0 Å². The molecule has 2 rings (SSSR count). The smallest absolute Gasteiger partial charge is 0.231 e. The molecule has 0 aromatic heterocycles. The first-order valence-electron chi connectivity index (χ1n) is 4.60. The Morgan fingerprint density at radius 3 is 3.07 bits per heavy atom. The summed E-state index contributed by atoms with van der Waals surface area (Å²) in [6.07, 6.45) is 1.84. The molecule has 1 aromatic rings. The number of nitrogens with one attached hydrogen (secondary N) is 1. The highest BCUT2D eigenvalue weighted by molar-refractivity contribution is 5.44. The van der Waals surface area contributed by atoms with E-state index in [0.717, 1.165) is 24.6 Å². The van der Waals surface area contributed by atoms with Crippen LogP contribution >= 0.6 is 0 Å². The van der Waals surface area contributed by atoms with Crippen LogP contribution in [0.25, 0.3) is 0 Å². The molecule has 0 aliphatic carbocycles. The predicted molar refractivity (Wildman–Crippen MR) is 54.5 cm³/mol. The van der Waals surface area contributed by atoms with Gasteiger partial charge in [-0.1, -0.05) is 12.1 Å². The van der Waals surface area contributed by atoms with Crippen molar-refractivity contribution in [2.75, 3.05) is 13.3 Å². The van der Waals surface area contributed by atoms with Crippen LogP contribution in [0.15, 0.2) is 30.9 Å². The fourth-order valence-electron chi connectivity index (χ4n) is 1.37. The van der Waals surface area contributed by atoms with Crippen LogP contribution in [0.4, 0.5) is 0 Å². The molecular formula is C11H13NO2. The lowest BCUT2D eigenvalue weighted by molar-refractivity contribution is 0.174. The molecule has 0 bridgehead atoms. The molecule has 0 saturated heterocycles. The number of fused-ring (bicyclic) bond motifs is 1. The molecule has 14 heavy (non-hydrogen) atoms. The van der Waals surface area contributed by atoms with Gasteiger partial charge >= 0.3 is 0 Å². The highest BCUT2D eigenvalue weighted by atomic mass is 16.7. The van der Waals surface area contributed by atoms with E-state index in [9.17, 15) is 0 Å². The minimum atomic E-state index is 0.332. The molecule has 1 aliphatic heterocycles. The Labute approximate surface area is 83.3 Å². The average molecular weight is 191 g/mol. The van der Waals surface area contributed by atoms with Crippen molar-refractivity contribution < 1.29 is 9.47 Å². The van der Waals surface area contributed by atoms with Crippen LogP contribution in [0, 0.1) is 0 Å². The quantitative estimate of drug-likeness (QED) is 0.580. The van der Waals surface area contributed by atoms with Crippen LogP contribution in [0.2, 0.25) is 0 Å². The normalized spacial score (nSPS) is 12.9. The third-order valence-electron chi connectivity index (χ3n) is 2.05. The van der Waals surface area contributed by atoms with Gasteiger partial charge in [0.2, 0.25) is 6.79 Å². The first kappa shape index (κ1) is 9.09. The Kier molecular flexibility index (Phi) is 2.70. The van der Waals surface area contributed by atoms with Crippen LogP contribution in [-0.4, -0.2) is 13.3 Å². The number of benzene rings is 1. The van der Waals surface area contributed by atoms with E-state index in [1.165, 1.54) is 5.56 Å². The predicted octanol–water partition coefficient (Wildman–Crippen LogP) is 1.69. The van der Waals surface area contributed by atoms with Gasteiger partial charge in [0.25, 0.3) is 0 Å². The first-order chi connectivity index (χ1) is 6.90. The Morgan fingerprint density at radius 1 is 1.36 bits per heavy atom. The largest absolute Gasteiger partial charge is 0.454 e. The van der Waals surface area contributed by atoms with Crippen LogP contribution < -0.4 is 14.8 Å². The van der Waals surface area contributed by atoms with E-state index in [1.54, 1.807) is 0 Å². The third-order valence-corrected chi connectivity index (χ3v) is 2.05. The molecule has 0 saturated carbocycles. The van der Waals surface area contributed by atoms with E-state index in [4.69, 9.17) is 9.47 Å². The van der Waals surface area contributed by atoms with Crippen molar-refractivity contribution in [1.82, 2.24) is 5.32 Å².